The third-order valence-corrected chi connectivity index (χ3v) is 4.88. The Morgan fingerprint density at radius 3 is 2.75 bits per heavy atom. The van der Waals surface area contributed by atoms with E-state index >= 15 is 0 Å². The molecule has 0 aromatic heterocycles. The van der Waals surface area contributed by atoms with Gasteiger partial charge >= 0.3 is 0 Å². The Morgan fingerprint density at radius 1 is 1.30 bits per heavy atom. The Kier molecular flexibility index (Phi) is 5.73. The molecule has 1 fully saturated rings. The third kappa shape index (κ3) is 4.15. The van der Waals surface area contributed by atoms with Crippen LogP contribution in [0.2, 0.25) is 0 Å². The van der Waals surface area contributed by atoms with Crippen LogP contribution in [0, 0.1) is 5.92 Å². The first-order valence-electron chi connectivity index (χ1n) is 7.20. The van der Waals surface area contributed by atoms with E-state index in [9.17, 15) is 9.00 Å². The molecule has 1 aromatic carbocycles. The van der Waals surface area contributed by atoms with Crippen molar-refractivity contribution in [2.24, 2.45) is 5.92 Å². The molecule has 20 heavy (non-hydrogen) atoms. The molecular weight excluding hydrogens is 272 g/mol. The standard InChI is InChI=1S/C15H22N2O2S/c1-2-17-11-6-7-13(10-12-17)15(18)16-20(19)14-8-4-3-5-9-14/h3-5,8-9,13H,2,6-7,10-12H2,1H3,(H,16,18). The Labute approximate surface area is 123 Å². The molecule has 5 heteroatoms. The molecule has 4 nitrogen and oxygen atoms in total. The second-order valence-electron chi connectivity index (χ2n) is 5.11. The van der Waals surface area contributed by atoms with E-state index in [0.717, 1.165) is 38.9 Å². The van der Waals surface area contributed by atoms with Crippen LogP contribution in [0.1, 0.15) is 26.2 Å². The largest absolute Gasteiger partial charge is 0.304 e. The fourth-order valence-corrected chi connectivity index (χ4v) is 3.38. The summed E-state index contributed by atoms with van der Waals surface area (Å²) in [6.45, 7) is 5.18. The molecule has 1 aliphatic heterocycles. The normalized spacial score (nSPS) is 21.9. The van der Waals surface area contributed by atoms with Crippen molar-refractivity contribution in [2.75, 3.05) is 19.6 Å². The maximum Gasteiger partial charge on any atom is 0.235 e. The van der Waals surface area contributed by atoms with E-state index < -0.39 is 11.0 Å². The van der Waals surface area contributed by atoms with Gasteiger partial charge in [0, 0.05) is 5.92 Å². The smallest absolute Gasteiger partial charge is 0.235 e. The SMILES string of the molecule is CCN1CCCC(C(=O)NS(=O)c2ccccc2)CC1. The summed E-state index contributed by atoms with van der Waals surface area (Å²) in [6.07, 6.45) is 2.77. The number of rotatable bonds is 4. The Balaban J connectivity index is 1.90. The summed E-state index contributed by atoms with van der Waals surface area (Å²) in [6, 6.07) is 9.05. The molecule has 1 heterocycles. The molecule has 0 saturated carbocycles. The first-order valence-corrected chi connectivity index (χ1v) is 8.35. The van der Waals surface area contributed by atoms with Crippen LogP contribution in [0.4, 0.5) is 0 Å². The van der Waals surface area contributed by atoms with E-state index in [4.69, 9.17) is 0 Å². The number of nitrogens with zero attached hydrogens (tertiary/aromatic N) is 1. The maximum absolute atomic E-state index is 12.2. The Hall–Kier alpha value is -1.20. The van der Waals surface area contributed by atoms with E-state index in [1.54, 1.807) is 12.1 Å². The first kappa shape index (κ1) is 15.2. The van der Waals surface area contributed by atoms with Gasteiger partial charge in [-0.2, -0.15) is 0 Å². The monoisotopic (exact) mass is 294 g/mol. The molecular formula is C15H22N2O2S. The van der Waals surface area contributed by atoms with Gasteiger partial charge < -0.3 is 4.90 Å². The van der Waals surface area contributed by atoms with Crippen molar-refractivity contribution in [3.63, 3.8) is 0 Å². The van der Waals surface area contributed by atoms with Gasteiger partial charge in [0.25, 0.3) is 0 Å². The summed E-state index contributed by atoms with van der Waals surface area (Å²) in [5, 5.41) is 0. The van der Waals surface area contributed by atoms with Crippen LogP contribution >= 0.6 is 0 Å². The molecule has 1 saturated heterocycles. The molecule has 0 aliphatic carbocycles. The van der Waals surface area contributed by atoms with Gasteiger partial charge in [-0.1, -0.05) is 25.1 Å². The van der Waals surface area contributed by atoms with Crippen LogP contribution in [0.5, 0.6) is 0 Å². The van der Waals surface area contributed by atoms with E-state index in [0.29, 0.717) is 4.90 Å². The highest BCUT2D eigenvalue weighted by Gasteiger charge is 2.23. The molecule has 2 unspecified atom stereocenters. The summed E-state index contributed by atoms with van der Waals surface area (Å²) >= 11 is 0. The first-order chi connectivity index (χ1) is 9.70. The topological polar surface area (TPSA) is 49.4 Å². The highest BCUT2D eigenvalue weighted by atomic mass is 32.2. The van der Waals surface area contributed by atoms with E-state index in [1.165, 1.54) is 0 Å². The van der Waals surface area contributed by atoms with Crippen LogP contribution in [-0.2, 0) is 15.8 Å². The molecule has 0 radical (unpaired) electrons. The van der Waals surface area contributed by atoms with Crippen molar-refractivity contribution < 1.29 is 9.00 Å². The van der Waals surface area contributed by atoms with Crippen molar-refractivity contribution in [1.29, 1.82) is 0 Å². The lowest BCUT2D eigenvalue weighted by atomic mass is 10.0. The maximum atomic E-state index is 12.2. The van der Waals surface area contributed by atoms with Gasteiger partial charge in [-0.05, 0) is 51.0 Å². The van der Waals surface area contributed by atoms with Crippen LogP contribution < -0.4 is 4.72 Å². The minimum Gasteiger partial charge on any atom is -0.304 e. The van der Waals surface area contributed by atoms with Crippen molar-refractivity contribution in [3.05, 3.63) is 30.3 Å². The van der Waals surface area contributed by atoms with Crippen molar-refractivity contribution >= 4 is 16.9 Å². The van der Waals surface area contributed by atoms with Gasteiger partial charge in [0.1, 0.15) is 0 Å². The summed E-state index contributed by atoms with van der Waals surface area (Å²) < 4.78 is 14.7. The zero-order chi connectivity index (χ0) is 14.4. The molecule has 0 spiro atoms. The van der Waals surface area contributed by atoms with Crippen LogP contribution in [0.25, 0.3) is 0 Å². The van der Waals surface area contributed by atoms with Gasteiger partial charge in [-0.15, -0.1) is 0 Å². The Morgan fingerprint density at radius 2 is 2.05 bits per heavy atom. The zero-order valence-corrected chi connectivity index (χ0v) is 12.7. The second kappa shape index (κ2) is 7.55. The Bertz CT molecular complexity index is 464. The highest BCUT2D eigenvalue weighted by Crippen LogP contribution is 2.18. The van der Waals surface area contributed by atoms with Gasteiger partial charge in [0.2, 0.25) is 5.91 Å². The van der Waals surface area contributed by atoms with E-state index in [2.05, 4.69) is 16.5 Å². The van der Waals surface area contributed by atoms with Crippen LogP contribution in [0.3, 0.4) is 0 Å². The lowest BCUT2D eigenvalue weighted by molar-refractivity contribution is -0.123. The number of carbonyl (C=O) groups is 1. The predicted molar refractivity (Wildman–Crippen MR) is 80.4 cm³/mol. The average Bonchev–Trinajstić information content (AvgIpc) is 2.73. The van der Waals surface area contributed by atoms with Crippen molar-refractivity contribution in [1.82, 2.24) is 9.62 Å². The molecule has 2 atom stereocenters. The summed E-state index contributed by atoms with van der Waals surface area (Å²) in [4.78, 5) is 15.2. The molecule has 1 N–H and O–H groups in total. The molecule has 1 aromatic rings. The molecule has 1 amide bonds. The van der Waals surface area contributed by atoms with Crippen molar-refractivity contribution in [3.8, 4) is 0 Å². The zero-order valence-electron chi connectivity index (χ0n) is 11.9. The fourth-order valence-electron chi connectivity index (χ4n) is 2.51. The van der Waals surface area contributed by atoms with Gasteiger partial charge in [-0.3, -0.25) is 9.52 Å². The molecule has 110 valence electrons. The van der Waals surface area contributed by atoms with Gasteiger partial charge in [0.15, 0.2) is 11.0 Å². The quantitative estimate of drug-likeness (QED) is 0.923. The third-order valence-electron chi connectivity index (χ3n) is 3.79. The lowest BCUT2D eigenvalue weighted by Gasteiger charge is -2.17. The van der Waals surface area contributed by atoms with E-state index in [1.807, 2.05) is 18.2 Å². The second-order valence-corrected chi connectivity index (χ2v) is 6.32. The number of benzene rings is 1. The number of likely N-dealkylation sites (tertiary alicyclic amines) is 1. The predicted octanol–water partition coefficient (Wildman–Crippen LogP) is 1.95. The fraction of sp³-hybridized carbons (Fsp3) is 0.533. The number of hydrogen-bond acceptors (Lipinski definition) is 3. The highest BCUT2D eigenvalue weighted by molar-refractivity contribution is 7.83. The summed E-state index contributed by atoms with van der Waals surface area (Å²) in [5.41, 5.74) is 0. The van der Waals surface area contributed by atoms with E-state index in [-0.39, 0.29) is 11.8 Å². The molecule has 0 bridgehead atoms. The number of carbonyl (C=O) groups excluding carboxylic acids is 1. The minimum atomic E-state index is -1.44. The van der Waals surface area contributed by atoms with Crippen LogP contribution in [0.15, 0.2) is 35.2 Å². The molecule has 1 aliphatic rings. The summed E-state index contributed by atoms with van der Waals surface area (Å²) in [7, 11) is -1.44. The molecule has 2 rings (SSSR count). The van der Waals surface area contributed by atoms with Crippen LogP contribution in [-0.4, -0.2) is 34.7 Å². The number of nitrogens with one attached hydrogen (secondary N) is 1. The average molecular weight is 294 g/mol. The van der Waals surface area contributed by atoms with Crippen molar-refractivity contribution in [2.45, 2.75) is 31.1 Å². The van der Waals surface area contributed by atoms with Gasteiger partial charge in [-0.25, -0.2) is 4.21 Å². The minimum absolute atomic E-state index is 0.0146. The lowest BCUT2D eigenvalue weighted by Crippen LogP contribution is -2.33. The number of amides is 1. The van der Waals surface area contributed by atoms with Gasteiger partial charge in [0.05, 0.1) is 4.90 Å². The summed E-state index contributed by atoms with van der Waals surface area (Å²) in [5.74, 6) is -0.0932. The number of hydrogen-bond donors (Lipinski definition) is 1.